The molecule has 13 heavy (non-hydrogen) atoms. The van der Waals surface area contributed by atoms with Crippen molar-refractivity contribution >= 4 is 29.3 Å². The van der Waals surface area contributed by atoms with Gasteiger partial charge in [-0.2, -0.15) is 11.8 Å². The van der Waals surface area contributed by atoms with E-state index in [4.69, 9.17) is 21.4 Å². The van der Waals surface area contributed by atoms with Crippen molar-refractivity contribution in [2.24, 2.45) is 0 Å². The molecule has 1 rings (SSSR count). The van der Waals surface area contributed by atoms with Crippen molar-refractivity contribution in [3.05, 3.63) is 0 Å². The van der Waals surface area contributed by atoms with Crippen LogP contribution in [-0.4, -0.2) is 40.7 Å². The number of carbonyl (C=O) groups is 1. The van der Waals surface area contributed by atoms with Crippen molar-refractivity contribution in [1.82, 2.24) is 0 Å². The van der Waals surface area contributed by atoms with Crippen molar-refractivity contribution in [2.45, 2.75) is 24.3 Å². The van der Waals surface area contributed by atoms with Crippen LogP contribution in [0.25, 0.3) is 0 Å². The quantitative estimate of drug-likeness (QED) is 0.721. The third-order valence-corrected chi connectivity index (χ3v) is 3.56. The maximum absolute atomic E-state index is 10.3. The molecule has 1 N–H and O–H groups in total. The van der Waals surface area contributed by atoms with Gasteiger partial charge in [0.1, 0.15) is 5.38 Å². The van der Waals surface area contributed by atoms with E-state index < -0.39 is 11.3 Å². The van der Waals surface area contributed by atoms with Gasteiger partial charge < -0.3 is 9.84 Å². The van der Waals surface area contributed by atoms with Crippen LogP contribution in [-0.2, 0) is 9.53 Å². The van der Waals surface area contributed by atoms with Gasteiger partial charge in [0, 0.05) is 18.1 Å². The molecular formula is C8H13ClO3S. The standard InChI is InChI=1S/C8H13ClO3S/c9-7(8(10)11)5-13-4-6-2-1-3-12-6/h6-7H,1-5H2,(H,10,11). The van der Waals surface area contributed by atoms with Gasteiger partial charge in [-0.1, -0.05) is 0 Å². The first-order valence-electron chi connectivity index (χ1n) is 4.26. The Hall–Kier alpha value is 0.0700. The highest BCUT2D eigenvalue weighted by Crippen LogP contribution is 2.18. The molecule has 0 aromatic heterocycles. The van der Waals surface area contributed by atoms with Crippen molar-refractivity contribution in [3.63, 3.8) is 0 Å². The zero-order chi connectivity index (χ0) is 9.68. The Morgan fingerprint density at radius 1 is 1.77 bits per heavy atom. The van der Waals surface area contributed by atoms with Gasteiger partial charge in [-0.25, -0.2) is 0 Å². The molecule has 0 spiro atoms. The van der Waals surface area contributed by atoms with Crippen molar-refractivity contribution in [1.29, 1.82) is 0 Å². The fourth-order valence-corrected chi connectivity index (χ4v) is 2.43. The molecule has 0 aliphatic carbocycles. The summed E-state index contributed by atoms with van der Waals surface area (Å²) in [5.41, 5.74) is 0. The fourth-order valence-electron chi connectivity index (χ4n) is 1.15. The number of carboxylic acids is 1. The summed E-state index contributed by atoms with van der Waals surface area (Å²) in [7, 11) is 0. The number of aliphatic carboxylic acids is 1. The summed E-state index contributed by atoms with van der Waals surface area (Å²) in [5, 5.41) is 7.73. The smallest absolute Gasteiger partial charge is 0.322 e. The molecule has 0 saturated carbocycles. The molecular weight excluding hydrogens is 212 g/mol. The largest absolute Gasteiger partial charge is 0.480 e. The van der Waals surface area contributed by atoms with Crippen LogP contribution in [0.3, 0.4) is 0 Å². The molecule has 1 aliphatic heterocycles. The first-order valence-corrected chi connectivity index (χ1v) is 5.85. The number of alkyl halides is 1. The van der Waals surface area contributed by atoms with Crippen molar-refractivity contribution in [3.8, 4) is 0 Å². The van der Waals surface area contributed by atoms with E-state index in [0.29, 0.717) is 11.9 Å². The Morgan fingerprint density at radius 3 is 3.08 bits per heavy atom. The highest BCUT2D eigenvalue weighted by atomic mass is 35.5. The van der Waals surface area contributed by atoms with Crippen LogP contribution in [0, 0.1) is 0 Å². The van der Waals surface area contributed by atoms with Crippen LogP contribution in [0.2, 0.25) is 0 Å². The SMILES string of the molecule is O=C(O)C(Cl)CSCC1CCCO1. The molecule has 0 bridgehead atoms. The molecule has 5 heteroatoms. The minimum atomic E-state index is -0.943. The lowest BCUT2D eigenvalue weighted by molar-refractivity contribution is -0.136. The Labute approximate surface area is 86.8 Å². The van der Waals surface area contributed by atoms with Gasteiger partial charge >= 0.3 is 5.97 Å². The third-order valence-electron chi connectivity index (χ3n) is 1.86. The molecule has 3 nitrogen and oxygen atoms in total. The molecule has 0 amide bonds. The zero-order valence-corrected chi connectivity index (χ0v) is 8.81. The number of halogens is 1. The minimum Gasteiger partial charge on any atom is -0.480 e. The molecule has 0 aromatic rings. The highest BCUT2D eigenvalue weighted by Gasteiger charge is 2.18. The van der Waals surface area contributed by atoms with Gasteiger partial charge in [-0.15, -0.1) is 11.6 Å². The second-order valence-electron chi connectivity index (χ2n) is 2.98. The summed E-state index contributed by atoms with van der Waals surface area (Å²) in [6.07, 6.45) is 2.52. The zero-order valence-electron chi connectivity index (χ0n) is 7.24. The minimum absolute atomic E-state index is 0.308. The van der Waals surface area contributed by atoms with Crippen LogP contribution in [0.4, 0.5) is 0 Å². The molecule has 76 valence electrons. The lowest BCUT2D eigenvalue weighted by Gasteiger charge is -2.09. The average molecular weight is 225 g/mol. The van der Waals surface area contributed by atoms with E-state index in [0.717, 1.165) is 25.2 Å². The van der Waals surface area contributed by atoms with E-state index in [9.17, 15) is 4.79 Å². The normalized spacial score (nSPS) is 24.5. The second-order valence-corrected chi connectivity index (χ2v) is 4.58. The summed E-state index contributed by atoms with van der Waals surface area (Å²) in [6.45, 7) is 0.842. The average Bonchev–Trinajstić information content (AvgIpc) is 2.56. The second kappa shape index (κ2) is 5.73. The summed E-state index contributed by atoms with van der Waals surface area (Å²) in [5.74, 6) is 0.370. The number of carboxylic acid groups (broad SMARTS) is 1. The highest BCUT2D eigenvalue weighted by molar-refractivity contribution is 7.99. The van der Waals surface area contributed by atoms with Crippen LogP contribution in [0.15, 0.2) is 0 Å². The number of rotatable bonds is 5. The van der Waals surface area contributed by atoms with Crippen molar-refractivity contribution in [2.75, 3.05) is 18.1 Å². The molecule has 1 aliphatic rings. The fraction of sp³-hybridized carbons (Fsp3) is 0.875. The van der Waals surface area contributed by atoms with E-state index in [1.54, 1.807) is 11.8 Å². The number of thioether (sulfide) groups is 1. The Bertz CT molecular complexity index is 171. The van der Waals surface area contributed by atoms with E-state index in [1.165, 1.54) is 0 Å². The van der Waals surface area contributed by atoms with Crippen LogP contribution >= 0.6 is 23.4 Å². The van der Waals surface area contributed by atoms with E-state index in [1.807, 2.05) is 0 Å². The van der Waals surface area contributed by atoms with Gasteiger partial charge in [0.2, 0.25) is 0 Å². The molecule has 1 heterocycles. The lowest BCUT2D eigenvalue weighted by Crippen LogP contribution is -2.17. The molecule has 2 atom stereocenters. The monoisotopic (exact) mass is 224 g/mol. The van der Waals surface area contributed by atoms with Gasteiger partial charge in [-0.3, -0.25) is 4.79 Å². The van der Waals surface area contributed by atoms with Gasteiger partial charge in [0.05, 0.1) is 6.10 Å². The van der Waals surface area contributed by atoms with E-state index in [2.05, 4.69) is 0 Å². The molecule has 0 radical (unpaired) electrons. The molecule has 1 fully saturated rings. The maximum atomic E-state index is 10.3. The number of hydrogen-bond donors (Lipinski definition) is 1. The summed E-state index contributed by atoms with van der Waals surface area (Å²) < 4.78 is 5.38. The summed E-state index contributed by atoms with van der Waals surface area (Å²) in [4.78, 5) is 10.3. The third kappa shape index (κ3) is 4.20. The Balaban J connectivity index is 2.02. The number of ether oxygens (including phenoxy) is 1. The molecule has 0 aromatic carbocycles. The maximum Gasteiger partial charge on any atom is 0.322 e. The lowest BCUT2D eigenvalue weighted by atomic mass is 10.3. The van der Waals surface area contributed by atoms with Crippen molar-refractivity contribution < 1.29 is 14.6 Å². The first-order chi connectivity index (χ1) is 6.20. The summed E-state index contributed by atoms with van der Waals surface area (Å²) in [6, 6.07) is 0. The van der Waals surface area contributed by atoms with Crippen LogP contribution in [0.1, 0.15) is 12.8 Å². The molecule has 2 unspecified atom stereocenters. The Morgan fingerprint density at radius 2 is 2.54 bits per heavy atom. The van der Waals surface area contributed by atoms with Crippen LogP contribution in [0.5, 0.6) is 0 Å². The predicted molar refractivity (Wildman–Crippen MR) is 53.6 cm³/mol. The Kier molecular flexibility index (Phi) is 4.91. The topological polar surface area (TPSA) is 46.5 Å². The van der Waals surface area contributed by atoms with Gasteiger partial charge in [-0.05, 0) is 12.8 Å². The van der Waals surface area contributed by atoms with E-state index >= 15 is 0 Å². The van der Waals surface area contributed by atoms with Gasteiger partial charge in [0.25, 0.3) is 0 Å². The van der Waals surface area contributed by atoms with E-state index in [-0.39, 0.29) is 0 Å². The summed E-state index contributed by atoms with van der Waals surface area (Å²) >= 11 is 7.09. The first kappa shape index (κ1) is 11.1. The predicted octanol–water partition coefficient (Wildman–Crippen LogP) is 1.59. The van der Waals surface area contributed by atoms with Crippen LogP contribution < -0.4 is 0 Å². The van der Waals surface area contributed by atoms with Gasteiger partial charge in [0.15, 0.2) is 0 Å². The molecule has 1 saturated heterocycles. The number of hydrogen-bond acceptors (Lipinski definition) is 3.